The van der Waals surface area contributed by atoms with Crippen molar-refractivity contribution in [2.75, 3.05) is 0 Å². The first-order valence-corrected chi connectivity index (χ1v) is 12.6. The van der Waals surface area contributed by atoms with Gasteiger partial charge in [-0.25, -0.2) is 22.8 Å². The number of benzene rings is 1. The summed E-state index contributed by atoms with van der Waals surface area (Å²) in [7, 11) is -3.87. The third-order valence-corrected chi connectivity index (χ3v) is 8.07. The molecular weight excluding hydrogens is 498 g/mol. The quantitative estimate of drug-likeness (QED) is 0.340. The fourth-order valence-corrected chi connectivity index (χ4v) is 6.05. The lowest BCUT2D eigenvalue weighted by atomic mass is 10.1. The van der Waals surface area contributed by atoms with Crippen molar-refractivity contribution in [1.82, 2.24) is 19.3 Å². The van der Waals surface area contributed by atoms with E-state index in [0.29, 0.717) is 35.5 Å². The van der Waals surface area contributed by atoms with E-state index in [9.17, 15) is 26.0 Å². The van der Waals surface area contributed by atoms with E-state index in [0.717, 1.165) is 24.4 Å². The molecule has 1 fully saturated rings. The second kappa shape index (κ2) is 10.0. The largest absolute Gasteiger partial charge is 0.433 e. The Bertz CT molecular complexity index is 1360. The third-order valence-electron chi connectivity index (χ3n) is 6.03. The highest BCUT2D eigenvalue weighted by atomic mass is 32.2. The molecule has 190 valence electrons. The first kappa shape index (κ1) is 25.8. The number of halogens is 4. The summed E-state index contributed by atoms with van der Waals surface area (Å²) in [5.41, 5.74) is 0.906. The van der Waals surface area contributed by atoms with Crippen LogP contribution in [0.4, 0.5) is 17.6 Å². The van der Waals surface area contributed by atoms with E-state index in [1.165, 1.54) is 28.8 Å². The zero-order chi connectivity index (χ0) is 26.1. The molecule has 1 aliphatic rings. The van der Waals surface area contributed by atoms with Gasteiger partial charge in [-0.2, -0.15) is 17.5 Å². The number of aliphatic imine (C=N–C) groups is 1. The van der Waals surface area contributed by atoms with Crippen LogP contribution in [-0.4, -0.2) is 45.5 Å². The summed E-state index contributed by atoms with van der Waals surface area (Å²) < 4.78 is 79.6. The maximum absolute atomic E-state index is 13.3. The number of alkyl halides is 3. The van der Waals surface area contributed by atoms with Gasteiger partial charge in [-0.05, 0) is 69.2 Å². The van der Waals surface area contributed by atoms with E-state index in [2.05, 4.69) is 19.9 Å². The molecule has 1 aliphatic heterocycles. The van der Waals surface area contributed by atoms with Crippen molar-refractivity contribution in [2.45, 2.75) is 56.4 Å². The molecule has 2 aromatic heterocycles. The predicted octanol–water partition coefficient (Wildman–Crippen LogP) is 4.90. The topological polar surface area (TPSA) is 88.4 Å². The van der Waals surface area contributed by atoms with Gasteiger partial charge in [0.1, 0.15) is 17.8 Å². The summed E-state index contributed by atoms with van der Waals surface area (Å²) in [5, 5.41) is 0. The van der Waals surface area contributed by atoms with Crippen LogP contribution in [-0.2, 0) is 22.7 Å². The van der Waals surface area contributed by atoms with E-state index in [4.69, 9.17) is 0 Å². The number of rotatable bonds is 6. The second-order valence-corrected chi connectivity index (χ2v) is 10.4. The van der Waals surface area contributed by atoms with Gasteiger partial charge in [0, 0.05) is 23.5 Å². The van der Waals surface area contributed by atoms with Crippen molar-refractivity contribution in [3.05, 3.63) is 72.2 Å². The molecule has 36 heavy (non-hydrogen) atoms. The van der Waals surface area contributed by atoms with E-state index in [-0.39, 0.29) is 17.5 Å². The van der Waals surface area contributed by atoms with Crippen molar-refractivity contribution in [2.24, 2.45) is 4.99 Å². The first-order chi connectivity index (χ1) is 17.0. The molecule has 0 spiro atoms. The number of hydrogen-bond acceptors (Lipinski definition) is 6. The molecule has 1 aromatic carbocycles. The Balaban J connectivity index is 1.53. The number of hydrogen-bond donors (Lipinski definition) is 0. The monoisotopic (exact) mass is 521 g/mol. The molecule has 4 rings (SSSR count). The first-order valence-electron chi connectivity index (χ1n) is 11.1. The fourth-order valence-electron chi connectivity index (χ4n) is 4.15. The maximum Gasteiger partial charge on any atom is 0.433 e. The summed E-state index contributed by atoms with van der Waals surface area (Å²) in [4.78, 5) is 16.3. The Hall–Kier alpha value is -3.25. The minimum absolute atomic E-state index is 0.0149. The third kappa shape index (κ3) is 5.44. The van der Waals surface area contributed by atoms with Crippen LogP contribution >= 0.6 is 0 Å². The highest BCUT2D eigenvalue weighted by Gasteiger charge is 2.41. The number of aromatic nitrogens is 3. The summed E-state index contributed by atoms with van der Waals surface area (Å²) in [5.74, 6) is -0.519. The van der Waals surface area contributed by atoms with Gasteiger partial charge in [0.25, 0.3) is 0 Å². The molecular formula is C24H23F4N5O2S. The van der Waals surface area contributed by atoms with E-state index in [1.807, 2.05) is 6.92 Å². The van der Waals surface area contributed by atoms with Crippen LogP contribution in [0.3, 0.4) is 0 Å². The molecule has 3 heterocycles. The molecule has 7 nitrogen and oxygen atoms in total. The minimum atomic E-state index is -4.53. The Labute approximate surface area is 206 Å². The minimum Gasteiger partial charge on any atom is -0.286 e. The van der Waals surface area contributed by atoms with Gasteiger partial charge in [-0.1, -0.05) is 0 Å². The average Bonchev–Trinajstić information content (AvgIpc) is 3.25. The van der Waals surface area contributed by atoms with Gasteiger partial charge < -0.3 is 0 Å². The Morgan fingerprint density at radius 2 is 1.81 bits per heavy atom. The van der Waals surface area contributed by atoms with Crippen LogP contribution in [0.15, 0.2) is 64.9 Å². The zero-order valence-electron chi connectivity index (χ0n) is 19.4. The molecule has 0 saturated carbocycles. The molecule has 0 N–H and O–H groups in total. The smallest absolute Gasteiger partial charge is 0.286 e. The summed E-state index contributed by atoms with van der Waals surface area (Å²) in [6.07, 6.45) is -0.908. The van der Waals surface area contributed by atoms with Crippen LogP contribution < -0.4 is 0 Å². The standard InChI is InChI=1S/C24H23F4N5O2S/c1-15-3-9-22(33(15)36(34,35)20-7-5-18(25)6-8-20)16(2)29-13-19-11-21(32-14-31-19)17-4-10-23(30-12-17)24(26,27)28/h4-8,10-12,14-15,22H,3,9,13H2,1-2H3. The lowest BCUT2D eigenvalue weighted by molar-refractivity contribution is -0.141. The van der Waals surface area contributed by atoms with E-state index < -0.39 is 33.8 Å². The summed E-state index contributed by atoms with van der Waals surface area (Å²) in [6.45, 7) is 3.70. The lowest BCUT2D eigenvalue weighted by Gasteiger charge is -2.27. The van der Waals surface area contributed by atoms with Gasteiger partial charge in [0.15, 0.2) is 0 Å². The second-order valence-electron chi connectivity index (χ2n) is 8.51. The highest BCUT2D eigenvalue weighted by Crippen LogP contribution is 2.32. The SMILES string of the molecule is CC(=NCc1cc(-c2ccc(C(F)(F)F)nc2)ncn1)C1CCC(C)N1S(=O)(=O)c1ccc(F)cc1. The molecule has 0 aliphatic carbocycles. The van der Waals surface area contributed by atoms with Crippen LogP contribution in [0, 0.1) is 5.82 Å². The Kier molecular flexibility index (Phi) is 7.19. The Morgan fingerprint density at radius 1 is 1.08 bits per heavy atom. The molecule has 0 amide bonds. The van der Waals surface area contributed by atoms with Gasteiger partial charge in [-0.15, -0.1) is 0 Å². The maximum atomic E-state index is 13.3. The average molecular weight is 522 g/mol. The molecule has 1 saturated heterocycles. The van der Waals surface area contributed by atoms with Gasteiger partial charge in [0.05, 0.1) is 28.9 Å². The highest BCUT2D eigenvalue weighted by molar-refractivity contribution is 7.89. The van der Waals surface area contributed by atoms with Crippen molar-refractivity contribution >= 4 is 15.7 Å². The van der Waals surface area contributed by atoms with Crippen molar-refractivity contribution in [3.63, 3.8) is 0 Å². The Morgan fingerprint density at radius 3 is 2.44 bits per heavy atom. The number of nitrogens with zero attached hydrogens (tertiary/aromatic N) is 5. The summed E-state index contributed by atoms with van der Waals surface area (Å²) >= 11 is 0. The molecule has 2 unspecified atom stereocenters. The molecule has 0 bridgehead atoms. The predicted molar refractivity (Wildman–Crippen MR) is 125 cm³/mol. The van der Waals surface area contributed by atoms with Crippen molar-refractivity contribution in [3.8, 4) is 11.3 Å². The molecule has 2 atom stereocenters. The van der Waals surface area contributed by atoms with E-state index in [1.54, 1.807) is 13.0 Å². The zero-order valence-corrected chi connectivity index (χ0v) is 20.3. The molecule has 0 radical (unpaired) electrons. The van der Waals surface area contributed by atoms with Gasteiger partial charge in [0.2, 0.25) is 10.0 Å². The lowest BCUT2D eigenvalue weighted by Crippen LogP contribution is -2.43. The number of pyridine rings is 1. The fraction of sp³-hybridized carbons (Fsp3) is 0.333. The molecule has 12 heteroatoms. The van der Waals surface area contributed by atoms with Crippen molar-refractivity contribution < 1.29 is 26.0 Å². The normalized spacial score (nSPS) is 19.6. The van der Waals surface area contributed by atoms with Crippen LogP contribution in [0.1, 0.15) is 38.1 Å². The summed E-state index contributed by atoms with van der Waals surface area (Å²) in [6, 6.07) is 7.78. The van der Waals surface area contributed by atoms with Gasteiger partial charge in [-0.3, -0.25) is 9.98 Å². The van der Waals surface area contributed by atoms with Gasteiger partial charge >= 0.3 is 6.18 Å². The van der Waals surface area contributed by atoms with Crippen molar-refractivity contribution in [1.29, 1.82) is 0 Å². The van der Waals surface area contributed by atoms with E-state index >= 15 is 0 Å². The number of sulfonamides is 1. The molecule has 3 aromatic rings. The van der Waals surface area contributed by atoms with Crippen LogP contribution in [0.25, 0.3) is 11.3 Å². The van der Waals surface area contributed by atoms with Crippen LogP contribution in [0.2, 0.25) is 0 Å². The van der Waals surface area contributed by atoms with Crippen LogP contribution in [0.5, 0.6) is 0 Å².